The lowest BCUT2D eigenvalue weighted by atomic mass is 9.92. The molecule has 9 heteroatoms. The average Bonchev–Trinajstić information content (AvgIpc) is 3.10. The summed E-state index contributed by atoms with van der Waals surface area (Å²) in [4.78, 5) is 28.7. The molecule has 4 rings (SSSR count). The van der Waals surface area contributed by atoms with Gasteiger partial charge in [0.15, 0.2) is 5.78 Å². The van der Waals surface area contributed by atoms with Crippen LogP contribution in [0.2, 0.25) is 0 Å². The van der Waals surface area contributed by atoms with E-state index in [9.17, 15) is 22.8 Å². The molecule has 0 N–H and O–H groups in total. The molecule has 1 atom stereocenters. The monoisotopic (exact) mass is 537 g/mol. The Kier molecular flexibility index (Phi) is 5.29. The number of halogens is 4. The number of anilines is 1. The molecule has 0 saturated carbocycles. The zero-order valence-corrected chi connectivity index (χ0v) is 18.4. The van der Waals surface area contributed by atoms with Gasteiger partial charge in [-0.3, -0.25) is 9.69 Å². The van der Waals surface area contributed by atoms with Gasteiger partial charge >= 0.3 is 12.2 Å². The fourth-order valence-corrected chi connectivity index (χ4v) is 4.86. The predicted octanol–water partition coefficient (Wildman–Crippen LogP) is 5.41. The lowest BCUT2D eigenvalue weighted by molar-refractivity contribution is -0.137. The molecule has 1 aliphatic heterocycles. The zero-order valence-electron chi connectivity index (χ0n) is 16.2. The van der Waals surface area contributed by atoms with Crippen LogP contribution in [0, 0.1) is 14.9 Å². The standard InChI is InChI=1S/C22H15F3IN3O2/c1-28-20(15-6-5-12(11-27)9-16(15)26)19-17(7-8-18(19)30)29(21(28)31)14-4-2-3-13(10-14)22(23,24)25/h2-6,9-10,20H,7-8H2,1H3. The number of ketones is 1. The second kappa shape index (κ2) is 7.67. The summed E-state index contributed by atoms with van der Waals surface area (Å²) in [6.45, 7) is 0. The minimum Gasteiger partial charge on any atom is -0.316 e. The van der Waals surface area contributed by atoms with Gasteiger partial charge < -0.3 is 4.90 Å². The summed E-state index contributed by atoms with van der Waals surface area (Å²) in [5.74, 6) is -0.142. The molecule has 1 heterocycles. The first-order valence-corrected chi connectivity index (χ1v) is 10.4. The molecule has 5 nitrogen and oxygen atoms in total. The number of allylic oxidation sites excluding steroid dienone is 1. The van der Waals surface area contributed by atoms with Gasteiger partial charge in [-0.05, 0) is 64.9 Å². The second-order valence-electron chi connectivity index (χ2n) is 7.31. The summed E-state index contributed by atoms with van der Waals surface area (Å²) in [5, 5.41) is 9.12. The Morgan fingerprint density at radius 3 is 2.52 bits per heavy atom. The van der Waals surface area contributed by atoms with Crippen molar-refractivity contribution in [1.82, 2.24) is 4.90 Å². The van der Waals surface area contributed by atoms with Gasteiger partial charge in [-0.15, -0.1) is 0 Å². The predicted molar refractivity (Wildman–Crippen MR) is 115 cm³/mol. The minimum absolute atomic E-state index is 0.0712. The van der Waals surface area contributed by atoms with E-state index >= 15 is 0 Å². The molecule has 0 fully saturated rings. The van der Waals surface area contributed by atoms with Gasteiger partial charge in [-0.1, -0.05) is 12.1 Å². The van der Waals surface area contributed by atoms with Crippen molar-refractivity contribution < 1.29 is 22.8 Å². The van der Waals surface area contributed by atoms with Crippen LogP contribution in [0.4, 0.5) is 23.7 Å². The molecule has 2 aromatic carbocycles. The summed E-state index contributed by atoms with van der Waals surface area (Å²) in [6, 6.07) is 10.4. The average molecular weight is 537 g/mol. The van der Waals surface area contributed by atoms with Gasteiger partial charge in [-0.25, -0.2) is 4.79 Å². The summed E-state index contributed by atoms with van der Waals surface area (Å²) in [5.41, 5.74) is 1.19. The molecule has 2 aliphatic rings. The van der Waals surface area contributed by atoms with Crippen LogP contribution in [-0.4, -0.2) is 23.8 Å². The Labute approximate surface area is 189 Å². The molecule has 1 aliphatic carbocycles. The fourth-order valence-electron chi connectivity index (χ4n) is 4.05. The first-order valence-electron chi connectivity index (χ1n) is 9.33. The number of hydrogen-bond acceptors (Lipinski definition) is 3. The molecular formula is C22H15F3IN3O2. The molecule has 0 radical (unpaired) electrons. The van der Waals surface area contributed by atoms with Crippen LogP contribution in [0.5, 0.6) is 0 Å². The maximum atomic E-state index is 13.3. The summed E-state index contributed by atoms with van der Waals surface area (Å²) in [7, 11) is 1.53. The highest BCUT2D eigenvalue weighted by Gasteiger charge is 2.45. The highest BCUT2D eigenvalue weighted by atomic mass is 127. The minimum atomic E-state index is -4.55. The van der Waals surface area contributed by atoms with Crippen LogP contribution in [0.15, 0.2) is 53.7 Å². The highest BCUT2D eigenvalue weighted by Crippen LogP contribution is 2.45. The Bertz CT molecular complexity index is 1180. The largest absolute Gasteiger partial charge is 0.416 e. The Balaban J connectivity index is 1.88. The molecular weight excluding hydrogens is 522 g/mol. The molecule has 0 spiro atoms. The summed E-state index contributed by atoms with van der Waals surface area (Å²) < 4.78 is 40.4. The first kappa shape index (κ1) is 21.4. The SMILES string of the molecule is CN1C(=O)N(c2cccc(C(F)(F)F)c2)C2=C(C(=O)CC2)C1c1ccc(C#N)cc1I. The van der Waals surface area contributed by atoms with Crippen LogP contribution in [-0.2, 0) is 11.0 Å². The number of amides is 2. The third-order valence-corrected chi connectivity index (χ3v) is 6.41. The number of Topliss-reactive ketones (excluding diaryl/α,β-unsaturated/α-hetero) is 1. The molecule has 2 amide bonds. The Morgan fingerprint density at radius 2 is 1.87 bits per heavy atom. The fraction of sp³-hybridized carbons (Fsp3) is 0.227. The number of benzene rings is 2. The molecule has 0 aromatic heterocycles. The summed E-state index contributed by atoms with van der Waals surface area (Å²) in [6.07, 6.45) is -4.09. The van der Waals surface area contributed by atoms with Crippen molar-refractivity contribution in [3.8, 4) is 6.07 Å². The number of rotatable bonds is 2. The quantitative estimate of drug-likeness (QED) is 0.482. The number of alkyl halides is 3. The van der Waals surface area contributed by atoms with Gasteiger partial charge in [0.2, 0.25) is 0 Å². The van der Waals surface area contributed by atoms with Crippen LogP contribution in [0.3, 0.4) is 0 Å². The van der Waals surface area contributed by atoms with E-state index in [1.807, 2.05) is 0 Å². The normalized spacial score (nSPS) is 19.0. The molecule has 0 saturated heterocycles. The highest BCUT2D eigenvalue weighted by molar-refractivity contribution is 14.1. The van der Waals surface area contributed by atoms with E-state index in [1.165, 1.54) is 29.0 Å². The lowest BCUT2D eigenvalue weighted by Crippen LogP contribution is -2.48. The van der Waals surface area contributed by atoms with E-state index in [-0.39, 0.29) is 24.3 Å². The third-order valence-electron chi connectivity index (χ3n) is 5.48. The topological polar surface area (TPSA) is 64.4 Å². The molecule has 2 aromatic rings. The van der Waals surface area contributed by atoms with E-state index in [2.05, 4.69) is 28.7 Å². The number of urea groups is 1. The molecule has 0 bridgehead atoms. The second-order valence-corrected chi connectivity index (χ2v) is 8.47. The van der Waals surface area contributed by atoms with Crippen molar-refractivity contribution in [2.45, 2.75) is 25.1 Å². The van der Waals surface area contributed by atoms with E-state index in [0.29, 0.717) is 22.4 Å². The number of nitrogens with zero attached hydrogens (tertiary/aromatic N) is 3. The van der Waals surface area contributed by atoms with E-state index in [4.69, 9.17) is 5.26 Å². The first-order chi connectivity index (χ1) is 14.6. The van der Waals surface area contributed by atoms with Gasteiger partial charge in [0.05, 0.1) is 28.9 Å². The summed E-state index contributed by atoms with van der Waals surface area (Å²) >= 11 is 2.06. The Morgan fingerprint density at radius 1 is 1.13 bits per heavy atom. The number of carbonyl (C=O) groups excluding carboxylic acids is 2. The number of carbonyl (C=O) groups is 2. The lowest BCUT2D eigenvalue weighted by Gasteiger charge is -2.40. The number of nitriles is 1. The van der Waals surface area contributed by atoms with Crippen molar-refractivity contribution >= 4 is 40.1 Å². The van der Waals surface area contributed by atoms with Crippen LogP contribution in [0.25, 0.3) is 0 Å². The van der Waals surface area contributed by atoms with Crippen molar-refractivity contribution in [1.29, 1.82) is 5.26 Å². The zero-order chi connectivity index (χ0) is 22.5. The smallest absolute Gasteiger partial charge is 0.316 e. The maximum absolute atomic E-state index is 13.3. The van der Waals surface area contributed by atoms with Crippen molar-refractivity contribution in [3.05, 3.63) is 74.0 Å². The van der Waals surface area contributed by atoms with Crippen molar-refractivity contribution in [2.24, 2.45) is 0 Å². The van der Waals surface area contributed by atoms with Gasteiger partial charge in [0.25, 0.3) is 0 Å². The Hall–Kier alpha value is -2.87. The molecule has 1 unspecified atom stereocenters. The van der Waals surface area contributed by atoms with Crippen LogP contribution < -0.4 is 4.90 Å². The van der Waals surface area contributed by atoms with Crippen LogP contribution >= 0.6 is 22.6 Å². The van der Waals surface area contributed by atoms with Crippen molar-refractivity contribution in [3.63, 3.8) is 0 Å². The van der Waals surface area contributed by atoms with Gasteiger partial charge in [-0.2, -0.15) is 18.4 Å². The van der Waals surface area contributed by atoms with Gasteiger partial charge in [0.1, 0.15) is 0 Å². The van der Waals surface area contributed by atoms with Crippen molar-refractivity contribution in [2.75, 3.05) is 11.9 Å². The number of likely N-dealkylation sites (N-methyl/N-ethyl adjacent to an activating group) is 1. The third kappa shape index (κ3) is 3.59. The number of hydrogen-bond donors (Lipinski definition) is 0. The van der Waals surface area contributed by atoms with Crippen LogP contribution in [0.1, 0.15) is 35.6 Å². The van der Waals surface area contributed by atoms with E-state index in [0.717, 1.165) is 15.7 Å². The van der Waals surface area contributed by atoms with E-state index in [1.54, 1.807) is 18.2 Å². The maximum Gasteiger partial charge on any atom is 0.416 e. The molecule has 158 valence electrons. The van der Waals surface area contributed by atoms with E-state index < -0.39 is 23.8 Å². The molecule has 31 heavy (non-hydrogen) atoms. The van der Waals surface area contributed by atoms with Gasteiger partial charge in [0, 0.05) is 28.3 Å².